The summed E-state index contributed by atoms with van der Waals surface area (Å²) in [6.45, 7) is 8.63. The van der Waals surface area contributed by atoms with Crippen LogP contribution in [0.1, 0.15) is 243 Å². The van der Waals surface area contributed by atoms with Crippen molar-refractivity contribution < 1.29 is 19.2 Å². The molecule has 0 fully saturated rings. The number of nitrogen functional groups attached to an aromatic ring is 2. The SMILES string of the molecule is CCCCCCCCCCCCCCCCCCCN(C(N)=O)c1nc(N)nc(N(C(N)=O)c2ccc(-c3ccc(N(C(N)=O)c4nc(N)nc(N(CCCCCCCCCCCCCCCCCCC)C(N)=O)n4)c(C)c3)cc2C)n1. The minimum absolute atomic E-state index is 0.0883. The second-order valence-electron chi connectivity index (χ2n) is 22.2. The molecule has 2 aromatic carbocycles. The molecule has 0 aliphatic rings. The Bertz CT molecular complexity index is 2360. The third-order valence-corrected chi connectivity index (χ3v) is 15.3. The number of primary amides is 4. The van der Waals surface area contributed by atoms with E-state index in [1.807, 2.05) is 12.1 Å². The third-order valence-electron chi connectivity index (χ3n) is 15.3. The van der Waals surface area contributed by atoms with Crippen molar-refractivity contribution in [3.63, 3.8) is 0 Å². The maximum atomic E-state index is 13.2. The number of hydrogen-bond donors (Lipinski definition) is 6. The Morgan fingerprint density at radius 3 is 0.817 bits per heavy atom. The second kappa shape index (κ2) is 38.8. The van der Waals surface area contributed by atoms with Gasteiger partial charge in [0.25, 0.3) is 0 Å². The molecule has 0 saturated heterocycles. The molecule has 8 amide bonds. The zero-order valence-electron chi connectivity index (χ0n) is 50.5. The molecule has 0 bridgehead atoms. The van der Waals surface area contributed by atoms with Crippen molar-refractivity contribution in [3.8, 4) is 11.1 Å². The summed E-state index contributed by atoms with van der Waals surface area (Å²) in [5, 5.41) is 0. The van der Waals surface area contributed by atoms with E-state index < -0.39 is 24.1 Å². The largest absolute Gasteiger partial charge is 0.368 e. The molecular formula is C62H102N16O4. The van der Waals surface area contributed by atoms with E-state index in [0.717, 1.165) is 59.5 Å². The number of urea groups is 4. The van der Waals surface area contributed by atoms with E-state index in [2.05, 4.69) is 43.8 Å². The molecule has 20 heteroatoms. The molecule has 0 atom stereocenters. The van der Waals surface area contributed by atoms with Crippen molar-refractivity contribution in [2.24, 2.45) is 22.9 Å². The molecular weight excluding hydrogens is 1030 g/mol. The van der Waals surface area contributed by atoms with Crippen LogP contribution in [-0.4, -0.2) is 67.1 Å². The van der Waals surface area contributed by atoms with E-state index in [1.165, 1.54) is 177 Å². The summed E-state index contributed by atoms with van der Waals surface area (Å²) in [6, 6.07) is 7.34. The Labute approximate surface area is 490 Å². The van der Waals surface area contributed by atoms with Crippen LogP contribution in [0.5, 0.6) is 0 Å². The van der Waals surface area contributed by atoms with Crippen LogP contribution in [0.2, 0.25) is 0 Å². The molecule has 82 heavy (non-hydrogen) atoms. The standard InChI is InChI=1S/C62H102N16O4/c1-5-7-9-11-13-15-17-19-21-23-25-27-29-31-33-35-37-43-75(55(65)79)59-69-53(63)71-61(73-59)77(57(67)81)51-41-39-49(45-47(51)3)50-40-42-52(48(4)46-50)78(58(68)82)62-72-54(64)70-60(74-62)76(56(66)80)44-38-36-34-32-30-28-26-24-22-20-18-16-14-12-10-8-6-2/h39-42,45-46H,5-38,43-44H2,1-4H3,(H2,65,79)(H2,66,80)(H2,67,81)(H2,68,82)(H2,63,69,71,73)(H2,64,70,72,74). The number of carbonyl (C=O) groups excluding carboxylic acids is 4. The van der Waals surface area contributed by atoms with E-state index >= 15 is 0 Å². The maximum absolute atomic E-state index is 13.2. The van der Waals surface area contributed by atoms with Crippen LogP contribution in [0.3, 0.4) is 0 Å². The predicted octanol–water partition coefficient (Wildman–Crippen LogP) is 15.0. The van der Waals surface area contributed by atoms with E-state index in [0.29, 0.717) is 35.3 Å². The van der Waals surface area contributed by atoms with E-state index in [1.54, 1.807) is 38.1 Å². The molecule has 0 radical (unpaired) electrons. The summed E-state index contributed by atoms with van der Waals surface area (Å²) in [5.41, 5.74) is 39.4. The van der Waals surface area contributed by atoms with E-state index in [9.17, 15) is 19.2 Å². The molecule has 0 aliphatic heterocycles. The van der Waals surface area contributed by atoms with Gasteiger partial charge in [0.05, 0.1) is 11.4 Å². The van der Waals surface area contributed by atoms with Gasteiger partial charge in [0.2, 0.25) is 35.7 Å². The first-order valence-corrected chi connectivity index (χ1v) is 31.2. The molecule has 2 heterocycles. The molecule has 12 N–H and O–H groups in total. The quantitative estimate of drug-likeness (QED) is 0.0225. The molecule has 0 saturated carbocycles. The van der Waals surface area contributed by atoms with Gasteiger partial charge in [-0.15, -0.1) is 0 Å². The highest BCUT2D eigenvalue weighted by atomic mass is 16.2. The zero-order chi connectivity index (χ0) is 59.5. The summed E-state index contributed by atoms with van der Waals surface area (Å²) >= 11 is 0. The van der Waals surface area contributed by atoms with Gasteiger partial charge < -0.3 is 34.4 Å². The van der Waals surface area contributed by atoms with Gasteiger partial charge in [-0.3, -0.25) is 9.80 Å². The molecule has 0 aliphatic carbocycles. The zero-order valence-corrected chi connectivity index (χ0v) is 50.5. The first-order chi connectivity index (χ1) is 39.7. The van der Waals surface area contributed by atoms with Gasteiger partial charge in [0.1, 0.15) is 0 Å². The lowest BCUT2D eigenvalue weighted by Gasteiger charge is -2.24. The number of amides is 8. The normalized spacial score (nSPS) is 11.2. The number of benzene rings is 2. The van der Waals surface area contributed by atoms with E-state index in [-0.39, 0.29) is 48.8 Å². The Hall–Kier alpha value is -6.86. The van der Waals surface area contributed by atoms with Gasteiger partial charge in [0.15, 0.2) is 0 Å². The molecule has 0 spiro atoms. The van der Waals surface area contributed by atoms with Gasteiger partial charge in [0, 0.05) is 13.1 Å². The summed E-state index contributed by atoms with van der Waals surface area (Å²) in [4.78, 5) is 82.4. The van der Waals surface area contributed by atoms with Crippen LogP contribution in [-0.2, 0) is 0 Å². The van der Waals surface area contributed by atoms with Crippen molar-refractivity contribution in [2.75, 3.05) is 44.2 Å². The van der Waals surface area contributed by atoms with Crippen molar-refractivity contribution >= 4 is 71.2 Å². The third kappa shape index (κ3) is 24.3. The average molecular weight is 1140 g/mol. The Morgan fingerprint density at radius 2 is 0.585 bits per heavy atom. The first kappa shape index (κ1) is 67.6. The van der Waals surface area contributed by atoms with Crippen LogP contribution in [0.15, 0.2) is 36.4 Å². The summed E-state index contributed by atoms with van der Waals surface area (Å²) < 4.78 is 0. The van der Waals surface area contributed by atoms with Crippen molar-refractivity contribution in [1.82, 2.24) is 29.9 Å². The fraction of sp³-hybridized carbons (Fsp3) is 0.645. The lowest BCUT2D eigenvalue weighted by Crippen LogP contribution is -2.39. The van der Waals surface area contributed by atoms with Gasteiger partial charge in [-0.1, -0.05) is 231 Å². The van der Waals surface area contributed by atoms with Crippen LogP contribution in [0.25, 0.3) is 11.1 Å². The number of aromatic nitrogens is 6. The van der Waals surface area contributed by atoms with Crippen molar-refractivity contribution in [1.29, 1.82) is 0 Å². The molecule has 20 nitrogen and oxygen atoms in total. The summed E-state index contributed by atoms with van der Waals surface area (Å²) in [6.07, 6.45) is 41.9. The lowest BCUT2D eigenvalue weighted by molar-refractivity contribution is 0.252. The highest BCUT2D eigenvalue weighted by molar-refractivity contribution is 5.99. The number of carbonyl (C=O) groups is 4. The van der Waals surface area contributed by atoms with Crippen LogP contribution < -0.4 is 54.0 Å². The maximum Gasteiger partial charge on any atom is 0.326 e. The highest BCUT2D eigenvalue weighted by Crippen LogP contribution is 2.35. The Balaban J connectivity index is 1.32. The fourth-order valence-electron chi connectivity index (χ4n) is 10.6. The number of nitrogens with two attached hydrogens (primary N) is 6. The molecule has 2 aromatic heterocycles. The monoisotopic (exact) mass is 1130 g/mol. The number of hydrogen-bond acceptors (Lipinski definition) is 12. The molecule has 454 valence electrons. The Kier molecular flexibility index (Phi) is 32.0. The lowest BCUT2D eigenvalue weighted by atomic mass is 9.99. The van der Waals surface area contributed by atoms with Crippen LogP contribution in [0, 0.1) is 13.8 Å². The van der Waals surface area contributed by atoms with Gasteiger partial charge in [-0.2, -0.15) is 29.9 Å². The topological polar surface area (TPSA) is 315 Å². The van der Waals surface area contributed by atoms with Gasteiger partial charge in [-0.25, -0.2) is 29.0 Å². The number of rotatable bonds is 43. The number of nitrogens with zero attached hydrogens (tertiary/aromatic N) is 10. The van der Waals surface area contributed by atoms with Crippen molar-refractivity contribution in [3.05, 3.63) is 47.5 Å². The number of unbranched alkanes of at least 4 members (excludes halogenated alkanes) is 32. The second-order valence-corrected chi connectivity index (χ2v) is 22.2. The predicted molar refractivity (Wildman–Crippen MR) is 335 cm³/mol. The molecule has 4 rings (SSSR count). The van der Waals surface area contributed by atoms with Crippen molar-refractivity contribution in [2.45, 2.75) is 246 Å². The fourth-order valence-corrected chi connectivity index (χ4v) is 10.6. The van der Waals surface area contributed by atoms with Gasteiger partial charge >= 0.3 is 24.1 Å². The average Bonchev–Trinajstić information content (AvgIpc) is 3.05. The minimum atomic E-state index is -0.894. The van der Waals surface area contributed by atoms with Crippen LogP contribution >= 0.6 is 0 Å². The Morgan fingerprint density at radius 1 is 0.341 bits per heavy atom. The molecule has 4 aromatic rings. The summed E-state index contributed by atoms with van der Waals surface area (Å²) in [5.74, 6) is -0.983. The molecule has 0 unspecified atom stereocenters. The number of anilines is 8. The number of aryl methyl sites for hydroxylation is 2. The van der Waals surface area contributed by atoms with E-state index in [4.69, 9.17) is 34.4 Å². The summed E-state index contributed by atoms with van der Waals surface area (Å²) in [7, 11) is 0. The van der Waals surface area contributed by atoms with Crippen LogP contribution in [0.4, 0.5) is 66.2 Å². The smallest absolute Gasteiger partial charge is 0.326 e. The van der Waals surface area contributed by atoms with Gasteiger partial charge in [-0.05, 0) is 73.2 Å². The minimum Gasteiger partial charge on any atom is -0.368 e. The highest BCUT2D eigenvalue weighted by Gasteiger charge is 2.27. The first-order valence-electron chi connectivity index (χ1n) is 31.2.